The van der Waals surface area contributed by atoms with Crippen LogP contribution in [0.25, 0.3) is 11.0 Å². The number of Topliss-reactive ketones (excluding diaryl/α,β-unsaturated/α-hetero) is 1. The van der Waals surface area contributed by atoms with Crippen LogP contribution in [0.3, 0.4) is 0 Å². The molecule has 35 heavy (non-hydrogen) atoms. The number of fused-ring (bicyclic) bond motifs is 2. The summed E-state index contributed by atoms with van der Waals surface area (Å²) in [4.78, 5) is 40.7. The van der Waals surface area contributed by atoms with E-state index < -0.39 is 11.9 Å². The summed E-state index contributed by atoms with van der Waals surface area (Å²) in [5.41, 5.74) is 3.18. The van der Waals surface area contributed by atoms with Crippen LogP contribution in [-0.4, -0.2) is 18.3 Å². The molecule has 6 heteroatoms. The molecule has 0 N–H and O–H groups in total. The van der Waals surface area contributed by atoms with Gasteiger partial charge in [0.2, 0.25) is 5.76 Å². The Morgan fingerprint density at radius 1 is 1.06 bits per heavy atom. The molecule has 0 saturated carbocycles. The summed E-state index contributed by atoms with van der Waals surface area (Å²) in [7, 11) is 0. The van der Waals surface area contributed by atoms with Crippen LogP contribution in [0.2, 0.25) is 0 Å². The van der Waals surface area contributed by atoms with Crippen molar-refractivity contribution in [2.45, 2.75) is 19.9 Å². The Hall–Kier alpha value is -4.45. The quantitative estimate of drug-likeness (QED) is 0.273. The van der Waals surface area contributed by atoms with Gasteiger partial charge in [-0.25, -0.2) is 0 Å². The SMILES string of the molecule is C=CCOc1ccc(C2c3c(oc4ccc(C)cc4c3=O)C(=O)N2c2ccc(C(C)=O)cc2)cc1. The van der Waals surface area contributed by atoms with E-state index >= 15 is 0 Å². The van der Waals surface area contributed by atoms with Crippen LogP contribution in [0.1, 0.15) is 50.6 Å². The molecule has 0 saturated heterocycles. The Kier molecular flexibility index (Phi) is 5.57. The molecule has 3 aromatic carbocycles. The topological polar surface area (TPSA) is 76.8 Å². The van der Waals surface area contributed by atoms with Gasteiger partial charge in [0.25, 0.3) is 5.91 Å². The fraction of sp³-hybridized carbons (Fsp3) is 0.138. The summed E-state index contributed by atoms with van der Waals surface area (Å²) >= 11 is 0. The van der Waals surface area contributed by atoms with Gasteiger partial charge < -0.3 is 9.15 Å². The van der Waals surface area contributed by atoms with Crippen LogP contribution in [-0.2, 0) is 0 Å². The minimum atomic E-state index is -0.699. The number of hydrogen-bond acceptors (Lipinski definition) is 5. The van der Waals surface area contributed by atoms with Crippen LogP contribution in [0.5, 0.6) is 5.75 Å². The third kappa shape index (κ3) is 3.83. The van der Waals surface area contributed by atoms with E-state index in [-0.39, 0.29) is 17.0 Å². The van der Waals surface area contributed by atoms with E-state index in [2.05, 4.69) is 6.58 Å². The predicted molar refractivity (Wildman–Crippen MR) is 134 cm³/mol. The van der Waals surface area contributed by atoms with Gasteiger partial charge in [0, 0.05) is 11.3 Å². The van der Waals surface area contributed by atoms with Gasteiger partial charge in [-0.15, -0.1) is 0 Å². The third-order valence-electron chi connectivity index (χ3n) is 6.14. The van der Waals surface area contributed by atoms with E-state index in [9.17, 15) is 14.4 Å². The van der Waals surface area contributed by atoms with Crippen LogP contribution in [0.15, 0.2) is 88.6 Å². The molecule has 1 atom stereocenters. The first-order valence-corrected chi connectivity index (χ1v) is 11.2. The highest BCUT2D eigenvalue weighted by molar-refractivity contribution is 6.11. The number of hydrogen-bond donors (Lipinski definition) is 0. The molecule has 1 aliphatic heterocycles. The lowest BCUT2D eigenvalue weighted by molar-refractivity contribution is 0.0970. The zero-order valence-electron chi connectivity index (χ0n) is 19.4. The third-order valence-corrected chi connectivity index (χ3v) is 6.14. The lowest BCUT2D eigenvalue weighted by Crippen LogP contribution is -2.29. The Morgan fingerprint density at radius 2 is 1.77 bits per heavy atom. The summed E-state index contributed by atoms with van der Waals surface area (Å²) < 4.78 is 11.6. The summed E-state index contributed by atoms with van der Waals surface area (Å²) in [5, 5.41) is 0.432. The number of nitrogens with zero attached hydrogens (tertiary/aromatic N) is 1. The van der Waals surface area contributed by atoms with Gasteiger partial charge in [-0.05, 0) is 67.9 Å². The standard InChI is InChI=1S/C29H23NO5/c1-4-15-34-22-12-8-20(9-13-22)26-25-27(32)23-16-17(2)5-14-24(23)35-28(25)29(33)30(26)21-10-6-19(7-11-21)18(3)31/h4-14,16,26H,1,15H2,2-3H3. The van der Waals surface area contributed by atoms with Crippen molar-refractivity contribution < 1.29 is 18.7 Å². The van der Waals surface area contributed by atoms with Gasteiger partial charge in [-0.1, -0.05) is 36.4 Å². The molecule has 5 rings (SSSR count). The highest BCUT2D eigenvalue weighted by atomic mass is 16.5. The largest absolute Gasteiger partial charge is 0.490 e. The van der Waals surface area contributed by atoms with Crippen LogP contribution < -0.4 is 15.1 Å². The Labute approximate surface area is 202 Å². The smallest absolute Gasteiger partial charge is 0.295 e. The van der Waals surface area contributed by atoms with Crippen molar-refractivity contribution in [2.75, 3.05) is 11.5 Å². The lowest BCUT2D eigenvalue weighted by Gasteiger charge is -2.25. The number of anilines is 1. The molecule has 1 amide bonds. The van der Waals surface area contributed by atoms with Crippen molar-refractivity contribution in [3.63, 3.8) is 0 Å². The summed E-state index contributed by atoms with van der Waals surface area (Å²) in [6, 6.07) is 18.7. The maximum Gasteiger partial charge on any atom is 0.295 e. The number of carbonyl (C=O) groups is 2. The second kappa shape index (κ2) is 8.72. The Morgan fingerprint density at radius 3 is 2.43 bits per heavy atom. The van der Waals surface area contributed by atoms with Gasteiger partial charge >= 0.3 is 0 Å². The molecule has 4 aromatic rings. The number of rotatable bonds is 6. The van der Waals surface area contributed by atoms with E-state index in [1.165, 1.54) is 6.92 Å². The Balaban J connectivity index is 1.71. The zero-order valence-corrected chi connectivity index (χ0v) is 19.4. The number of carbonyl (C=O) groups excluding carboxylic acids is 2. The molecule has 0 radical (unpaired) electrons. The lowest BCUT2D eigenvalue weighted by atomic mass is 9.97. The van der Waals surface area contributed by atoms with Crippen molar-refractivity contribution >= 4 is 28.3 Å². The van der Waals surface area contributed by atoms with E-state index in [4.69, 9.17) is 9.15 Å². The normalized spacial score (nSPS) is 14.7. The minimum Gasteiger partial charge on any atom is -0.490 e. The van der Waals surface area contributed by atoms with Gasteiger partial charge in [0.1, 0.15) is 17.9 Å². The molecular weight excluding hydrogens is 442 g/mol. The highest BCUT2D eigenvalue weighted by Crippen LogP contribution is 2.41. The second-order valence-electron chi connectivity index (χ2n) is 8.52. The predicted octanol–water partition coefficient (Wildman–Crippen LogP) is 5.62. The maximum atomic E-state index is 13.7. The number of amides is 1. The van der Waals surface area contributed by atoms with Gasteiger partial charge in [0.15, 0.2) is 11.2 Å². The van der Waals surface area contributed by atoms with Crippen molar-refractivity contribution in [3.8, 4) is 5.75 Å². The van der Waals surface area contributed by atoms with E-state index in [1.54, 1.807) is 59.5 Å². The van der Waals surface area contributed by atoms with E-state index in [1.807, 2.05) is 25.1 Å². The summed E-state index contributed by atoms with van der Waals surface area (Å²) in [5.74, 6) is 0.195. The average molecular weight is 466 g/mol. The molecule has 2 heterocycles. The molecule has 0 aliphatic carbocycles. The number of aryl methyl sites for hydroxylation is 1. The van der Waals surface area contributed by atoms with Crippen molar-refractivity contribution in [3.05, 3.63) is 118 Å². The Bertz CT molecular complexity index is 1530. The highest BCUT2D eigenvalue weighted by Gasteiger charge is 2.43. The molecule has 0 spiro atoms. The molecule has 0 bridgehead atoms. The maximum absolute atomic E-state index is 13.7. The molecule has 1 aromatic heterocycles. The van der Waals surface area contributed by atoms with Gasteiger partial charge in [0.05, 0.1) is 17.0 Å². The molecule has 174 valence electrons. The van der Waals surface area contributed by atoms with Gasteiger partial charge in [-0.3, -0.25) is 19.3 Å². The van der Waals surface area contributed by atoms with Crippen molar-refractivity contribution in [1.82, 2.24) is 0 Å². The van der Waals surface area contributed by atoms with Crippen molar-refractivity contribution in [2.24, 2.45) is 0 Å². The van der Waals surface area contributed by atoms with E-state index in [0.29, 0.717) is 40.1 Å². The molecule has 1 aliphatic rings. The second-order valence-corrected chi connectivity index (χ2v) is 8.52. The number of ketones is 1. The van der Waals surface area contributed by atoms with Crippen molar-refractivity contribution in [1.29, 1.82) is 0 Å². The van der Waals surface area contributed by atoms with Crippen LogP contribution >= 0.6 is 0 Å². The summed E-state index contributed by atoms with van der Waals surface area (Å²) in [6.07, 6.45) is 1.66. The monoisotopic (exact) mass is 465 g/mol. The molecule has 0 fully saturated rings. The first kappa shape index (κ1) is 22.3. The van der Waals surface area contributed by atoms with E-state index in [0.717, 1.165) is 11.1 Å². The van der Waals surface area contributed by atoms with Gasteiger partial charge in [-0.2, -0.15) is 0 Å². The number of ether oxygens (including phenoxy) is 1. The zero-order chi connectivity index (χ0) is 24.7. The fourth-order valence-corrected chi connectivity index (χ4v) is 4.43. The minimum absolute atomic E-state index is 0.0268. The van der Waals surface area contributed by atoms with Crippen LogP contribution in [0, 0.1) is 6.92 Å². The first-order valence-electron chi connectivity index (χ1n) is 11.2. The molecular formula is C29H23NO5. The fourth-order valence-electron chi connectivity index (χ4n) is 4.43. The first-order chi connectivity index (χ1) is 16.9. The summed E-state index contributed by atoms with van der Waals surface area (Å²) in [6.45, 7) is 7.41. The van der Waals surface area contributed by atoms with Crippen LogP contribution in [0.4, 0.5) is 5.69 Å². The number of benzene rings is 3. The molecule has 6 nitrogen and oxygen atoms in total. The molecule has 1 unspecified atom stereocenters. The average Bonchev–Trinajstić information content (AvgIpc) is 3.16.